The van der Waals surface area contributed by atoms with Crippen LogP contribution in [0.5, 0.6) is 0 Å². The van der Waals surface area contributed by atoms with Crippen molar-refractivity contribution in [3.05, 3.63) is 41.6 Å². The van der Waals surface area contributed by atoms with Gasteiger partial charge in [0, 0.05) is 23.2 Å². The van der Waals surface area contributed by atoms with Gasteiger partial charge in [0.25, 0.3) is 0 Å². The molecule has 3 amide bonds. The first-order chi connectivity index (χ1) is 14.2. The molecule has 1 aliphatic carbocycles. The van der Waals surface area contributed by atoms with E-state index in [1.54, 1.807) is 4.68 Å². The fraction of sp³-hybridized carbons (Fsp3) is 0.500. The molecule has 3 atom stereocenters. The summed E-state index contributed by atoms with van der Waals surface area (Å²) in [7, 11) is 0. The van der Waals surface area contributed by atoms with Crippen molar-refractivity contribution in [2.75, 3.05) is 10.6 Å². The Morgan fingerprint density at radius 3 is 2.73 bits per heavy atom. The van der Waals surface area contributed by atoms with Gasteiger partial charge >= 0.3 is 6.03 Å². The predicted molar refractivity (Wildman–Crippen MR) is 116 cm³/mol. The first kappa shape index (κ1) is 20.4. The summed E-state index contributed by atoms with van der Waals surface area (Å²) in [6.45, 7) is 8.17. The van der Waals surface area contributed by atoms with Crippen molar-refractivity contribution < 1.29 is 9.59 Å². The van der Waals surface area contributed by atoms with Crippen LogP contribution < -0.4 is 21.3 Å². The number of hydrogen-bond donors (Lipinski definition) is 4. The standard InChI is InChI=1S/C22H30N6O2/c1-13-7-5-8-14(11-13)23-21(30)25-18-12-17(22(2,3)4)27-28(18)20-24-16-10-6-9-15(16)19(29)26-20/h5,7-8,11-12,15-16,20,24H,6,9-10H2,1-4H3,(H,26,29)(H2,23,25,30). The van der Waals surface area contributed by atoms with E-state index >= 15 is 0 Å². The molecule has 1 aliphatic heterocycles. The normalized spacial score (nSPS) is 23.6. The molecule has 1 saturated heterocycles. The van der Waals surface area contributed by atoms with Gasteiger partial charge < -0.3 is 10.6 Å². The lowest BCUT2D eigenvalue weighted by Gasteiger charge is -2.34. The number of aromatic nitrogens is 2. The highest BCUT2D eigenvalue weighted by atomic mass is 16.2. The fourth-order valence-corrected chi connectivity index (χ4v) is 4.14. The molecule has 2 aliphatic rings. The number of rotatable bonds is 3. The Morgan fingerprint density at radius 2 is 2.00 bits per heavy atom. The highest BCUT2D eigenvalue weighted by molar-refractivity contribution is 5.99. The minimum atomic E-state index is -0.498. The van der Waals surface area contributed by atoms with Gasteiger partial charge in [-0.25, -0.2) is 9.48 Å². The molecule has 2 fully saturated rings. The summed E-state index contributed by atoms with van der Waals surface area (Å²) < 4.78 is 1.67. The molecule has 8 heteroatoms. The van der Waals surface area contributed by atoms with Gasteiger partial charge in [0.1, 0.15) is 5.82 Å². The number of nitrogens with zero attached hydrogens (tertiary/aromatic N) is 2. The van der Waals surface area contributed by atoms with Crippen LogP contribution in [0.3, 0.4) is 0 Å². The molecule has 1 saturated carbocycles. The van der Waals surface area contributed by atoms with Gasteiger partial charge in [-0.3, -0.25) is 15.4 Å². The minimum absolute atomic E-state index is 0.0138. The van der Waals surface area contributed by atoms with Gasteiger partial charge in [-0.05, 0) is 37.5 Å². The molecule has 30 heavy (non-hydrogen) atoms. The lowest BCUT2D eigenvalue weighted by Crippen LogP contribution is -2.57. The SMILES string of the molecule is Cc1cccc(NC(=O)Nc2cc(C(C)(C)C)nn2C2NC(=O)C3CCCC3N2)c1. The molecule has 1 aromatic heterocycles. The molecule has 2 aromatic rings. The van der Waals surface area contributed by atoms with E-state index in [4.69, 9.17) is 5.10 Å². The lowest BCUT2D eigenvalue weighted by atomic mass is 9.92. The topological polar surface area (TPSA) is 100 Å². The fourth-order valence-electron chi connectivity index (χ4n) is 4.14. The molecule has 1 aromatic carbocycles. The van der Waals surface area contributed by atoms with Crippen LogP contribution in [0, 0.1) is 12.8 Å². The zero-order valence-corrected chi connectivity index (χ0v) is 18.0. The third-order valence-corrected chi connectivity index (χ3v) is 5.77. The summed E-state index contributed by atoms with van der Waals surface area (Å²) in [4.78, 5) is 25.2. The van der Waals surface area contributed by atoms with Crippen LogP contribution in [0.15, 0.2) is 30.3 Å². The van der Waals surface area contributed by atoms with Crippen molar-refractivity contribution in [3.63, 3.8) is 0 Å². The van der Waals surface area contributed by atoms with E-state index in [0.29, 0.717) is 11.5 Å². The number of urea groups is 1. The van der Waals surface area contributed by atoms with Crippen LogP contribution >= 0.6 is 0 Å². The molecule has 3 unspecified atom stereocenters. The van der Waals surface area contributed by atoms with Crippen molar-refractivity contribution >= 4 is 23.4 Å². The van der Waals surface area contributed by atoms with Crippen LogP contribution in [0.25, 0.3) is 0 Å². The van der Waals surface area contributed by atoms with Gasteiger partial charge in [-0.1, -0.05) is 39.3 Å². The monoisotopic (exact) mass is 410 g/mol. The van der Waals surface area contributed by atoms with Crippen molar-refractivity contribution in [1.82, 2.24) is 20.4 Å². The maximum Gasteiger partial charge on any atom is 0.324 e. The van der Waals surface area contributed by atoms with Crippen LogP contribution in [-0.4, -0.2) is 27.8 Å². The molecule has 4 rings (SSSR count). The minimum Gasteiger partial charge on any atom is -0.322 e. The number of carbonyl (C=O) groups excluding carboxylic acids is 2. The van der Waals surface area contributed by atoms with E-state index in [0.717, 1.165) is 30.5 Å². The summed E-state index contributed by atoms with van der Waals surface area (Å²) in [5.74, 6) is 0.587. The second-order valence-corrected chi connectivity index (χ2v) is 9.28. The average molecular weight is 411 g/mol. The van der Waals surface area contributed by atoms with Crippen molar-refractivity contribution in [3.8, 4) is 0 Å². The molecule has 8 nitrogen and oxygen atoms in total. The van der Waals surface area contributed by atoms with Crippen molar-refractivity contribution in [2.45, 2.75) is 64.7 Å². The maximum atomic E-state index is 12.7. The number of aryl methyl sites for hydroxylation is 1. The zero-order valence-electron chi connectivity index (χ0n) is 18.0. The first-order valence-corrected chi connectivity index (χ1v) is 10.5. The Kier molecular flexibility index (Phi) is 5.27. The molecule has 0 bridgehead atoms. The second-order valence-electron chi connectivity index (χ2n) is 9.28. The Labute approximate surface area is 176 Å². The van der Waals surface area contributed by atoms with Crippen molar-refractivity contribution in [2.24, 2.45) is 5.92 Å². The van der Waals surface area contributed by atoms with E-state index in [1.807, 2.05) is 37.3 Å². The molecular formula is C22H30N6O2. The molecule has 0 radical (unpaired) electrons. The zero-order chi connectivity index (χ0) is 21.5. The summed E-state index contributed by atoms with van der Waals surface area (Å²) in [5.41, 5.74) is 2.40. The smallest absolute Gasteiger partial charge is 0.322 e. The quantitative estimate of drug-likeness (QED) is 0.622. The summed E-state index contributed by atoms with van der Waals surface area (Å²) in [5, 5.41) is 17.0. The molecule has 2 heterocycles. The van der Waals surface area contributed by atoms with E-state index in [2.05, 4.69) is 42.0 Å². The summed E-state index contributed by atoms with van der Waals surface area (Å²) >= 11 is 0. The number of nitrogens with one attached hydrogen (secondary N) is 4. The molecule has 160 valence electrons. The Bertz CT molecular complexity index is 961. The summed E-state index contributed by atoms with van der Waals surface area (Å²) in [6.07, 6.45) is 2.42. The Morgan fingerprint density at radius 1 is 1.20 bits per heavy atom. The van der Waals surface area contributed by atoms with Crippen molar-refractivity contribution in [1.29, 1.82) is 0 Å². The van der Waals surface area contributed by atoms with Gasteiger partial charge in [-0.15, -0.1) is 0 Å². The van der Waals surface area contributed by atoms with Gasteiger partial charge in [0.2, 0.25) is 5.91 Å². The highest BCUT2D eigenvalue weighted by Crippen LogP contribution is 2.32. The van der Waals surface area contributed by atoms with Crippen LogP contribution in [0.2, 0.25) is 0 Å². The first-order valence-electron chi connectivity index (χ1n) is 10.5. The van der Waals surface area contributed by atoms with Crippen LogP contribution in [-0.2, 0) is 10.2 Å². The number of benzene rings is 1. The summed E-state index contributed by atoms with van der Waals surface area (Å²) in [6, 6.07) is 9.26. The van der Waals surface area contributed by atoms with E-state index in [9.17, 15) is 9.59 Å². The van der Waals surface area contributed by atoms with Crippen LogP contribution in [0.1, 0.15) is 57.6 Å². The third kappa shape index (κ3) is 4.18. The lowest BCUT2D eigenvalue weighted by molar-refractivity contribution is -0.130. The number of carbonyl (C=O) groups is 2. The molecular weight excluding hydrogens is 380 g/mol. The number of anilines is 2. The number of fused-ring (bicyclic) bond motifs is 1. The van der Waals surface area contributed by atoms with Gasteiger partial charge in [-0.2, -0.15) is 5.10 Å². The van der Waals surface area contributed by atoms with E-state index in [-0.39, 0.29) is 29.3 Å². The Balaban J connectivity index is 1.58. The van der Waals surface area contributed by atoms with Crippen LogP contribution in [0.4, 0.5) is 16.3 Å². The number of hydrogen-bond acceptors (Lipinski definition) is 4. The largest absolute Gasteiger partial charge is 0.324 e. The van der Waals surface area contributed by atoms with E-state index < -0.39 is 6.29 Å². The predicted octanol–water partition coefficient (Wildman–Crippen LogP) is 3.48. The highest BCUT2D eigenvalue weighted by Gasteiger charge is 2.40. The van der Waals surface area contributed by atoms with E-state index in [1.165, 1.54) is 0 Å². The maximum absolute atomic E-state index is 12.7. The second kappa shape index (κ2) is 7.75. The number of amides is 3. The Hall–Kier alpha value is -2.87. The van der Waals surface area contributed by atoms with Gasteiger partial charge in [0.05, 0.1) is 11.6 Å². The molecule has 0 spiro atoms. The molecule has 4 N–H and O–H groups in total. The van der Waals surface area contributed by atoms with Gasteiger partial charge in [0.15, 0.2) is 6.29 Å². The third-order valence-electron chi connectivity index (χ3n) is 5.77. The average Bonchev–Trinajstić information content (AvgIpc) is 3.28.